The Morgan fingerprint density at radius 1 is 1.14 bits per heavy atom. The number of aromatic hydroxyl groups is 1. The highest BCUT2D eigenvalue weighted by Crippen LogP contribution is 2.21. The molecule has 1 aromatic heterocycles. The van der Waals surface area contributed by atoms with Crippen LogP contribution in [0.1, 0.15) is 10.5 Å². The molecule has 1 fully saturated rings. The SMILES string of the molecule is O=C(c1cccc(-c2cccc(O)c2)n1)N1CCNCC1. The van der Waals surface area contributed by atoms with Crippen LogP contribution in [0.3, 0.4) is 0 Å². The molecule has 5 heteroatoms. The van der Waals surface area contributed by atoms with Crippen LogP contribution in [-0.2, 0) is 0 Å². The lowest BCUT2D eigenvalue weighted by atomic mass is 10.1. The highest BCUT2D eigenvalue weighted by molar-refractivity contribution is 5.93. The van der Waals surface area contributed by atoms with Gasteiger partial charge in [-0.05, 0) is 24.3 Å². The van der Waals surface area contributed by atoms with Gasteiger partial charge in [-0.2, -0.15) is 0 Å². The zero-order valence-electron chi connectivity index (χ0n) is 11.6. The van der Waals surface area contributed by atoms with Gasteiger partial charge in [-0.1, -0.05) is 18.2 Å². The Morgan fingerprint density at radius 2 is 1.90 bits per heavy atom. The van der Waals surface area contributed by atoms with Crippen molar-refractivity contribution in [3.8, 4) is 17.0 Å². The van der Waals surface area contributed by atoms with E-state index in [1.807, 2.05) is 23.1 Å². The van der Waals surface area contributed by atoms with E-state index in [2.05, 4.69) is 10.3 Å². The molecule has 0 spiro atoms. The maximum Gasteiger partial charge on any atom is 0.272 e. The van der Waals surface area contributed by atoms with Gasteiger partial charge in [0, 0.05) is 31.7 Å². The van der Waals surface area contributed by atoms with E-state index in [0.29, 0.717) is 24.5 Å². The molecule has 3 rings (SSSR count). The summed E-state index contributed by atoms with van der Waals surface area (Å²) in [4.78, 5) is 18.7. The first kappa shape index (κ1) is 13.6. The molecule has 1 amide bonds. The molecule has 1 aliphatic rings. The van der Waals surface area contributed by atoms with Crippen LogP contribution in [0.25, 0.3) is 11.3 Å². The second-order valence-corrected chi connectivity index (χ2v) is 5.00. The fourth-order valence-electron chi connectivity index (χ4n) is 2.41. The van der Waals surface area contributed by atoms with Gasteiger partial charge in [0.2, 0.25) is 0 Å². The van der Waals surface area contributed by atoms with E-state index >= 15 is 0 Å². The smallest absolute Gasteiger partial charge is 0.272 e. The summed E-state index contributed by atoms with van der Waals surface area (Å²) in [5, 5.41) is 12.8. The van der Waals surface area contributed by atoms with Gasteiger partial charge in [-0.15, -0.1) is 0 Å². The Bertz CT molecular complexity index is 651. The summed E-state index contributed by atoms with van der Waals surface area (Å²) in [5.41, 5.74) is 1.93. The van der Waals surface area contributed by atoms with E-state index in [4.69, 9.17) is 0 Å². The lowest BCUT2D eigenvalue weighted by molar-refractivity contribution is 0.0730. The molecule has 2 N–H and O–H groups in total. The Morgan fingerprint density at radius 3 is 2.67 bits per heavy atom. The standard InChI is InChI=1S/C16H17N3O2/c20-13-4-1-3-12(11-13)14-5-2-6-15(18-14)16(21)19-9-7-17-8-10-19/h1-6,11,17,20H,7-10H2. The molecule has 5 nitrogen and oxygen atoms in total. The molecule has 0 saturated carbocycles. The molecule has 2 aromatic rings. The lowest BCUT2D eigenvalue weighted by Crippen LogP contribution is -2.46. The van der Waals surface area contributed by atoms with Crippen molar-refractivity contribution >= 4 is 5.91 Å². The van der Waals surface area contributed by atoms with Crippen LogP contribution in [-0.4, -0.2) is 47.1 Å². The lowest BCUT2D eigenvalue weighted by Gasteiger charge is -2.27. The maximum atomic E-state index is 12.4. The van der Waals surface area contributed by atoms with Crippen molar-refractivity contribution in [2.45, 2.75) is 0 Å². The molecule has 1 aliphatic heterocycles. The van der Waals surface area contributed by atoms with Crippen LogP contribution in [0.4, 0.5) is 0 Å². The molecular formula is C16H17N3O2. The van der Waals surface area contributed by atoms with Crippen LogP contribution in [0, 0.1) is 0 Å². The monoisotopic (exact) mass is 283 g/mol. The number of aromatic nitrogens is 1. The van der Waals surface area contributed by atoms with Crippen LogP contribution >= 0.6 is 0 Å². The van der Waals surface area contributed by atoms with E-state index in [1.165, 1.54) is 0 Å². The van der Waals surface area contributed by atoms with Crippen LogP contribution in [0.15, 0.2) is 42.5 Å². The number of nitrogens with one attached hydrogen (secondary N) is 1. The molecular weight excluding hydrogens is 266 g/mol. The summed E-state index contributed by atoms with van der Waals surface area (Å²) in [6.07, 6.45) is 0. The first-order chi connectivity index (χ1) is 10.2. The number of phenols is 1. The zero-order valence-corrected chi connectivity index (χ0v) is 11.6. The number of phenolic OH excluding ortho intramolecular Hbond substituents is 1. The molecule has 0 radical (unpaired) electrons. The topological polar surface area (TPSA) is 65.5 Å². The molecule has 1 aromatic carbocycles. The van der Waals surface area contributed by atoms with Gasteiger partial charge >= 0.3 is 0 Å². The largest absolute Gasteiger partial charge is 0.508 e. The molecule has 108 valence electrons. The molecule has 1 saturated heterocycles. The van der Waals surface area contributed by atoms with E-state index in [1.54, 1.807) is 24.3 Å². The fraction of sp³-hybridized carbons (Fsp3) is 0.250. The minimum absolute atomic E-state index is 0.0431. The number of carbonyl (C=O) groups excluding carboxylic acids is 1. The summed E-state index contributed by atoms with van der Waals surface area (Å²) in [7, 11) is 0. The van der Waals surface area contributed by atoms with Crippen LogP contribution in [0.5, 0.6) is 5.75 Å². The van der Waals surface area contributed by atoms with Crippen molar-refractivity contribution in [2.75, 3.05) is 26.2 Å². The van der Waals surface area contributed by atoms with Gasteiger partial charge in [0.15, 0.2) is 0 Å². The number of rotatable bonds is 2. The number of hydrogen-bond acceptors (Lipinski definition) is 4. The predicted molar refractivity (Wildman–Crippen MR) is 80.1 cm³/mol. The van der Waals surface area contributed by atoms with E-state index in [-0.39, 0.29) is 11.7 Å². The number of nitrogens with zero attached hydrogens (tertiary/aromatic N) is 2. The number of hydrogen-bond donors (Lipinski definition) is 2. The maximum absolute atomic E-state index is 12.4. The summed E-state index contributed by atoms with van der Waals surface area (Å²) in [5.74, 6) is 0.145. The van der Waals surface area contributed by atoms with Gasteiger partial charge in [0.25, 0.3) is 5.91 Å². The van der Waals surface area contributed by atoms with E-state index in [9.17, 15) is 9.90 Å². The van der Waals surface area contributed by atoms with Crippen molar-refractivity contribution in [1.82, 2.24) is 15.2 Å². The first-order valence-corrected chi connectivity index (χ1v) is 7.00. The zero-order chi connectivity index (χ0) is 14.7. The highest BCUT2D eigenvalue weighted by atomic mass is 16.3. The van der Waals surface area contributed by atoms with Crippen LogP contribution < -0.4 is 5.32 Å². The van der Waals surface area contributed by atoms with Gasteiger partial charge in [0.1, 0.15) is 11.4 Å². The second-order valence-electron chi connectivity index (χ2n) is 5.00. The minimum Gasteiger partial charge on any atom is -0.508 e. The summed E-state index contributed by atoms with van der Waals surface area (Å²) >= 11 is 0. The van der Waals surface area contributed by atoms with E-state index < -0.39 is 0 Å². The third-order valence-corrected chi connectivity index (χ3v) is 3.51. The quantitative estimate of drug-likeness (QED) is 0.876. The Kier molecular flexibility index (Phi) is 3.83. The number of amides is 1. The van der Waals surface area contributed by atoms with Gasteiger partial charge < -0.3 is 15.3 Å². The average Bonchev–Trinajstić information content (AvgIpc) is 2.55. The van der Waals surface area contributed by atoms with Gasteiger partial charge in [-0.3, -0.25) is 4.79 Å². The van der Waals surface area contributed by atoms with Gasteiger partial charge in [-0.25, -0.2) is 4.98 Å². The number of benzene rings is 1. The summed E-state index contributed by atoms with van der Waals surface area (Å²) in [6.45, 7) is 3.05. The van der Waals surface area contributed by atoms with Crippen molar-refractivity contribution < 1.29 is 9.90 Å². The Balaban J connectivity index is 1.87. The summed E-state index contributed by atoms with van der Waals surface area (Å²) < 4.78 is 0. The van der Waals surface area contributed by atoms with E-state index in [0.717, 1.165) is 18.7 Å². The summed E-state index contributed by atoms with van der Waals surface area (Å²) in [6, 6.07) is 12.3. The molecule has 0 unspecified atom stereocenters. The third-order valence-electron chi connectivity index (χ3n) is 3.51. The number of piperazine rings is 1. The highest BCUT2D eigenvalue weighted by Gasteiger charge is 2.19. The minimum atomic E-state index is -0.0431. The normalized spacial score (nSPS) is 15.0. The molecule has 21 heavy (non-hydrogen) atoms. The molecule has 0 bridgehead atoms. The number of pyridine rings is 1. The predicted octanol–water partition coefficient (Wildman–Crippen LogP) is 1.50. The first-order valence-electron chi connectivity index (χ1n) is 7.00. The molecule has 0 atom stereocenters. The van der Waals surface area contributed by atoms with Crippen molar-refractivity contribution in [1.29, 1.82) is 0 Å². The second kappa shape index (κ2) is 5.93. The van der Waals surface area contributed by atoms with Crippen LogP contribution in [0.2, 0.25) is 0 Å². The Labute approximate surface area is 123 Å². The molecule has 0 aliphatic carbocycles. The number of carbonyl (C=O) groups is 1. The van der Waals surface area contributed by atoms with Gasteiger partial charge in [0.05, 0.1) is 5.69 Å². The van der Waals surface area contributed by atoms with Crippen molar-refractivity contribution in [3.63, 3.8) is 0 Å². The third kappa shape index (κ3) is 3.03. The van der Waals surface area contributed by atoms with Crippen molar-refractivity contribution in [2.24, 2.45) is 0 Å². The fourth-order valence-corrected chi connectivity index (χ4v) is 2.41. The Hall–Kier alpha value is -2.40. The molecule has 2 heterocycles. The average molecular weight is 283 g/mol. The van der Waals surface area contributed by atoms with Crippen molar-refractivity contribution in [3.05, 3.63) is 48.2 Å².